The highest BCUT2D eigenvalue weighted by Gasteiger charge is 2.44. The fourth-order valence-electron chi connectivity index (χ4n) is 3.47. The van der Waals surface area contributed by atoms with Crippen molar-refractivity contribution in [1.82, 2.24) is 4.90 Å². The molecule has 0 spiro atoms. The SMILES string of the molecule is CC(=O)OC(C(=O)OC(C)(C)C)C1OCCN(c2ccc3c(c2)CN(C)C3=O)C1=O. The molecule has 9 nitrogen and oxygen atoms in total. The number of hydrogen-bond acceptors (Lipinski definition) is 7. The summed E-state index contributed by atoms with van der Waals surface area (Å²) in [5.74, 6) is -2.16. The van der Waals surface area contributed by atoms with Crippen molar-refractivity contribution in [3.63, 3.8) is 0 Å². The van der Waals surface area contributed by atoms with Gasteiger partial charge in [-0.25, -0.2) is 4.79 Å². The Morgan fingerprint density at radius 1 is 1.23 bits per heavy atom. The molecular formula is C21H26N2O7. The first-order valence-corrected chi connectivity index (χ1v) is 9.69. The summed E-state index contributed by atoms with van der Waals surface area (Å²) in [6.07, 6.45) is -2.84. The largest absolute Gasteiger partial charge is 0.457 e. The van der Waals surface area contributed by atoms with E-state index in [9.17, 15) is 19.2 Å². The molecule has 0 bridgehead atoms. The number of hydrogen-bond donors (Lipinski definition) is 0. The third kappa shape index (κ3) is 4.46. The van der Waals surface area contributed by atoms with Crippen molar-refractivity contribution < 1.29 is 33.4 Å². The predicted octanol–water partition coefficient (Wildman–Crippen LogP) is 1.28. The Hall–Kier alpha value is -2.94. The van der Waals surface area contributed by atoms with Crippen molar-refractivity contribution in [1.29, 1.82) is 0 Å². The first-order valence-electron chi connectivity index (χ1n) is 9.69. The van der Waals surface area contributed by atoms with Gasteiger partial charge in [0.05, 0.1) is 6.61 Å². The fourth-order valence-corrected chi connectivity index (χ4v) is 3.47. The standard InChI is InChI=1S/C21H26N2O7/c1-12(24)29-17(20(27)30-21(2,3)4)16-19(26)23(8-9-28-16)14-6-7-15-13(10-14)11-22(5)18(15)25/h6-7,10,16-17H,8-9,11H2,1-5H3. The van der Waals surface area contributed by atoms with E-state index >= 15 is 0 Å². The number of amides is 2. The minimum Gasteiger partial charge on any atom is -0.457 e. The van der Waals surface area contributed by atoms with Crippen LogP contribution in [-0.2, 0) is 35.1 Å². The molecule has 2 aliphatic heterocycles. The van der Waals surface area contributed by atoms with E-state index in [1.165, 1.54) is 4.90 Å². The summed E-state index contributed by atoms with van der Waals surface area (Å²) in [4.78, 5) is 52.5. The molecule has 0 N–H and O–H groups in total. The van der Waals surface area contributed by atoms with Crippen LogP contribution in [0.2, 0.25) is 0 Å². The van der Waals surface area contributed by atoms with E-state index in [2.05, 4.69) is 0 Å². The quantitative estimate of drug-likeness (QED) is 0.679. The first-order chi connectivity index (χ1) is 14.0. The maximum absolute atomic E-state index is 13.2. The van der Waals surface area contributed by atoms with Crippen LogP contribution in [0.25, 0.3) is 0 Å². The molecule has 2 amide bonds. The van der Waals surface area contributed by atoms with Crippen LogP contribution in [-0.4, -0.2) is 66.7 Å². The van der Waals surface area contributed by atoms with Crippen LogP contribution in [0.1, 0.15) is 43.6 Å². The summed E-state index contributed by atoms with van der Waals surface area (Å²) in [5, 5.41) is 0. The number of morpholine rings is 1. The molecule has 0 radical (unpaired) electrons. The number of carbonyl (C=O) groups excluding carboxylic acids is 4. The van der Waals surface area contributed by atoms with Gasteiger partial charge in [-0.3, -0.25) is 14.4 Å². The second kappa shape index (κ2) is 8.06. The van der Waals surface area contributed by atoms with Gasteiger partial charge in [-0.1, -0.05) is 0 Å². The lowest BCUT2D eigenvalue weighted by atomic mass is 10.1. The minimum atomic E-state index is -1.51. The number of fused-ring (bicyclic) bond motifs is 1. The first kappa shape index (κ1) is 21.8. The molecule has 9 heteroatoms. The van der Waals surface area contributed by atoms with E-state index in [1.54, 1.807) is 50.9 Å². The minimum absolute atomic E-state index is 0.0671. The Bertz CT molecular complexity index is 890. The molecular weight excluding hydrogens is 392 g/mol. The zero-order valence-electron chi connectivity index (χ0n) is 17.8. The summed E-state index contributed by atoms with van der Waals surface area (Å²) in [6, 6.07) is 5.15. The molecule has 2 atom stereocenters. The fraction of sp³-hybridized carbons (Fsp3) is 0.524. The number of ether oxygens (including phenoxy) is 3. The Morgan fingerprint density at radius 2 is 1.93 bits per heavy atom. The Kier molecular flexibility index (Phi) is 5.85. The third-order valence-electron chi connectivity index (χ3n) is 4.71. The number of carbonyl (C=O) groups is 4. The molecule has 2 heterocycles. The normalized spacial score (nSPS) is 20.1. The maximum Gasteiger partial charge on any atom is 0.351 e. The second-order valence-corrected chi connectivity index (χ2v) is 8.35. The summed E-state index contributed by atoms with van der Waals surface area (Å²) >= 11 is 0. The Morgan fingerprint density at radius 3 is 2.57 bits per heavy atom. The summed E-state index contributed by atoms with van der Waals surface area (Å²) < 4.78 is 16.0. The lowest BCUT2D eigenvalue weighted by molar-refractivity contribution is -0.188. The topological polar surface area (TPSA) is 102 Å². The average molecular weight is 418 g/mol. The van der Waals surface area contributed by atoms with Crippen molar-refractivity contribution in [2.24, 2.45) is 0 Å². The lowest BCUT2D eigenvalue weighted by Gasteiger charge is -2.35. The van der Waals surface area contributed by atoms with Crippen LogP contribution in [0.15, 0.2) is 18.2 Å². The monoisotopic (exact) mass is 418 g/mol. The molecule has 1 aromatic carbocycles. The van der Waals surface area contributed by atoms with Crippen molar-refractivity contribution >= 4 is 29.4 Å². The van der Waals surface area contributed by atoms with Crippen LogP contribution in [0.4, 0.5) is 5.69 Å². The van der Waals surface area contributed by atoms with Gasteiger partial charge in [0, 0.05) is 38.3 Å². The Labute approximate surface area is 174 Å². The highest BCUT2D eigenvalue weighted by Crippen LogP contribution is 2.29. The number of anilines is 1. The van der Waals surface area contributed by atoms with Gasteiger partial charge >= 0.3 is 11.9 Å². The molecule has 2 aliphatic rings. The van der Waals surface area contributed by atoms with Gasteiger partial charge in [-0.2, -0.15) is 0 Å². The number of nitrogens with zero attached hydrogens (tertiary/aromatic N) is 2. The molecule has 2 unspecified atom stereocenters. The summed E-state index contributed by atoms with van der Waals surface area (Å²) in [6.45, 7) is 7.04. The molecule has 1 aromatic rings. The van der Waals surface area contributed by atoms with Gasteiger partial charge in [0.25, 0.3) is 11.8 Å². The van der Waals surface area contributed by atoms with Crippen molar-refractivity contribution in [3.8, 4) is 0 Å². The van der Waals surface area contributed by atoms with E-state index in [1.807, 2.05) is 0 Å². The smallest absolute Gasteiger partial charge is 0.351 e. The zero-order chi connectivity index (χ0) is 22.2. The summed E-state index contributed by atoms with van der Waals surface area (Å²) in [7, 11) is 1.71. The molecule has 1 saturated heterocycles. The summed E-state index contributed by atoms with van der Waals surface area (Å²) in [5.41, 5.74) is 1.18. The molecule has 1 fully saturated rings. The predicted molar refractivity (Wildman–Crippen MR) is 106 cm³/mol. The zero-order valence-corrected chi connectivity index (χ0v) is 17.8. The maximum atomic E-state index is 13.2. The van der Waals surface area contributed by atoms with Crippen LogP contribution in [0.3, 0.4) is 0 Å². The van der Waals surface area contributed by atoms with E-state index in [0.29, 0.717) is 17.8 Å². The van der Waals surface area contributed by atoms with Crippen molar-refractivity contribution in [3.05, 3.63) is 29.3 Å². The van der Waals surface area contributed by atoms with Crippen LogP contribution >= 0.6 is 0 Å². The van der Waals surface area contributed by atoms with Gasteiger partial charge in [0.1, 0.15) is 5.60 Å². The molecule has 162 valence electrons. The lowest BCUT2D eigenvalue weighted by Crippen LogP contribution is -2.56. The van der Waals surface area contributed by atoms with Gasteiger partial charge in [-0.05, 0) is 44.5 Å². The van der Waals surface area contributed by atoms with Crippen molar-refractivity contribution in [2.45, 2.75) is 52.0 Å². The van der Waals surface area contributed by atoms with E-state index in [4.69, 9.17) is 14.2 Å². The van der Waals surface area contributed by atoms with Gasteiger partial charge in [0.2, 0.25) is 6.10 Å². The van der Waals surface area contributed by atoms with Gasteiger partial charge < -0.3 is 24.0 Å². The van der Waals surface area contributed by atoms with E-state index in [0.717, 1.165) is 12.5 Å². The molecule has 30 heavy (non-hydrogen) atoms. The van der Waals surface area contributed by atoms with E-state index in [-0.39, 0.29) is 19.1 Å². The Balaban J connectivity index is 1.86. The van der Waals surface area contributed by atoms with Crippen LogP contribution in [0.5, 0.6) is 0 Å². The number of rotatable bonds is 4. The van der Waals surface area contributed by atoms with Gasteiger partial charge in [-0.15, -0.1) is 0 Å². The van der Waals surface area contributed by atoms with E-state index < -0.39 is 35.7 Å². The highest BCUT2D eigenvalue weighted by molar-refractivity contribution is 6.02. The molecule has 0 aliphatic carbocycles. The molecule has 0 saturated carbocycles. The van der Waals surface area contributed by atoms with Crippen LogP contribution < -0.4 is 4.90 Å². The molecule has 0 aromatic heterocycles. The average Bonchev–Trinajstić information content (AvgIpc) is 2.92. The van der Waals surface area contributed by atoms with Crippen LogP contribution in [0, 0.1) is 0 Å². The third-order valence-corrected chi connectivity index (χ3v) is 4.71. The highest BCUT2D eigenvalue weighted by atomic mass is 16.6. The number of esters is 2. The van der Waals surface area contributed by atoms with Crippen molar-refractivity contribution in [2.75, 3.05) is 25.1 Å². The molecule has 3 rings (SSSR count). The second-order valence-electron chi connectivity index (χ2n) is 8.35. The number of benzene rings is 1. The van der Waals surface area contributed by atoms with Gasteiger partial charge in [0.15, 0.2) is 6.10 Å².